The van der Waals surface area contributed by atoms with E-state index < -0.39 is 10.0 Å². The van der Waals surface area contributed by atoms with Crippen molar-refractivity contribution in [2.45, 2.75) is 25.9 Å². The molecule has 0 bridgehead atoms. The zero-order valence-corrected chi connectivity index (χ0v) is 19.4. The second-order valence-corrected chi connectivity index (χ2v) is 10.9. The van der Waals surface area contributed by atoms with E-state index >= 15 is 0 Å². The second kappa shape index (κ2) is 8.58. The highest BCUT2D eigenvalue weighted by Gasteiger charge is 2.25. The molecular formula is C21H25ClN6O3S. The van der Waals surface area contributed by atoms with Crippen molar-refractivity contribution in [3.05, 3.63) is 41.0 Å². The zero-order valence-electron chi connectivity index (χ0n) is 17.8. The number of piperazine rings is 1. The van der Waals surface area contributed by atoms with Crippen molar-refractivity contribution in [3.8, 4) is 11.6 Å². The summed E-state index contributed by atoms with van der Waals surface area (Å²) in [6.07, 6.45) is 5.33. The molecule has 5 rings (SSSR count). The van der Waals surface area contributed by atoms with Crippen molar-refractivity contribution in [2.75, 3.05) is 32.4 Å². The number of pyridine rings is 1. The normalized spacial score (nSPS) is 18.3. The Kier molecular flexibility index (Phi) is 5.79. The van der Waals surface area contributed by atoms with Crippen molar-refractivity contribution >= 4 is 32.7 Å². The topological polar surface area (TPSA) is 93.5 Å². The number of aromatic nitrogens is 4. The van der Waals surface area contributed by atoms with E-state index in [1.54, 1.807) is 6.20 Å². The molecule has 3 aromatic rings. The van der Waals surface area contributed by atoms with Gasteiger partial charge in [0, 0.05) is 57.1 Å². The first-order chi connectivity index (χ1) is 15.3. The summed E-state index contributed by atoms with van der Waals surface area (Å²) in [5.41, 5.74) is 2.63. The van der Waals surface area contributed by atoms with Crippen LogP contribution in [0.2, 0.25) is 5.02 Å². The molecule has 1 aliphatic heterocycles. The van der Waals surface area contributed by atoms with Gasteiger partial charge in [-0.1, -0.05) is 16.8 Å². The second-order valence-electron chi connectivity index (χ2n) is 8.52. The third kappa shape index (κ3) is 4.88. The minimum absolute atomic E-state index is 0.468. The summed E-state index contributed by atoms with van der Waals surface area (Å²) in [6.45, 7) is 3.68. The Balaban J connectivity index is 1.31. The van der Waals surface area contributed by atoms with Crippen LogP contribution >= 0.6 is 11.6 Å². The van der Waals surface area contributed by atoms with Gasteiger partial charge >= 0.3 is 0 Å². The van der Waals surface area contributed by atoms with E-state index in [-0.39, 0.29) is 0 Å². The smallest absolute Gasteiger partial charge is 0.223 e. The van der Waals surface area contributed by atoms with Crippen LogP contribution in [0.1, 0.15) is 18.4 Å². The van der Waals surface area contributed by atoms with Crippen LogP contribution in [0.4, 0.5) is 0 Å². The van der Waals surface area contributed by atoms with Gasteiger partial charge in [0.2, 0.25) is 15.9 Å². The lowest BCUT2D eigenvalue weighted by molar-refractivity contribution is 0.180. The lowest BCUT2D eigenvalue weighted by Crippen LogP contribution is -2.47. The van der Waals surface area contributed by atoms with E-state index in [1.165, 1.54) is 23.4 Å². The van der Waals surface area contributed by atoms with Crippen LogP contribution in [0.5, 0.6) is 11.6 Å². The van der Waals surface area contributed by atoms with Gasteiger partial charge in [0.25, 0.3) is 0 Å². The van der Waals surface area contributed by atoms with E-state index in [4.69, 9.17) is 16.3 Å². The van der Waals surface area contributed by atoms with Gasteiger partial charge in [-0.3, -0.25) is 4.90 Å². The van der Waals surface area contributed by atoms with Crippen molar-refractivity contribution in [1.29, 1.82) is 0 Å². The molecule has 0 spiro atoms. The van der Waals surface area contributed by atoms with Crippen LogP contribution in [-0.4, -0.2) is 70.0 Å². The fourth-order valence-electron chi connectivity index (χ4n) is 3.94. The van der Waals surface area contributed by atoms with Crippen LogP contribution in [-0.2, 0) is 23.1 Å². The Labute approximate surface area is 192 Å². The molecule has 1 saturated carbocycles. The molecule has 1 aliphatic carbocycles. The molecule has 2 aliphatic rings. The molecule has 0 unspecified atom stereocenters. The maximum absolute atomic E-state index is 11.8. The summed E-state index contributed by atoms with van der Waals surface area (Å²) < 4.78 is 33.1. The van der Waals surface area contributed by atoms with E-state index in [9.17, 15) is 8.42 Å². The third-order valence-corrected chi connectivity index (χ3v) is 7.42. The minimum Gasteiger partial charge on any atom is -0.439 e. The highest BCUT2D eigenvalue weighted by molar-refractivity contribution is 7.88. The molecule has 2 fully saturated rings. The summed E-state index contributed by atoms with van der Waals surface area (Å²) in [5.74, 6) is 1.83. The molecule has 0 radical (unpaired) electrons. The van der Waals surface area contributed by atoms with E-state index in [2.05, 4.69) is 20.2 Å². The number of nitrogens with zero attached hydrogens (tertiary/aromatic N) is 6. The van der Waals surface area contributed by atoms with Crippen molar-refractivity contribution < 1.29 is 13.2 Å². The number of rotatable bonds is 7. The molecule has 1 aromatic carbocycles. The lowest BCUT2D eigenvalue weighted by atomic mass is 10.2. The number of hydrogen-bond acceptors (Lipinski definition) is 7. The summed E-state index contributed by atoms with van der Waals surface area (Å²) in [5, 5.41) is 9.09. The Morgan fingerprint density at radius 3 is 2.66 bits per heavy atom. The fraction of sp³-hybridized carbons (Fsp3) is 0.476. The number of fused-ring (bicyclic) bond motifs is 1. The molecule has 170 valence electrons. The van der Waals surface area contributed by atoms with Crippen LogP contribution in [0.3, 0.4) is 0 Å². The van der Waals surface area contributed by atoms with Gasteiger partial charge in [-0.05, 0) is 37.0 Å². The van der Waals surface area contributed by atoms with Crippen LogP contribution in [0.25, 0.3) is 11.0 Å². The molecular weight excluding hydrogens is 452 g/mol. The Hall–Kier alpha value is -2.27. The van der Waals surface area contributed by atoms with Crippen molar-refractivity contribution in [3.63, 3.8) is 0 Å². The minimum atomic E-state index is -3.16. The summed E-state index contributed by atoms with van der Waals surface area (Å²) in [4.78, 5) is 6.57. The van der Waals surface area contributed by atoms with Crippen molar-refractivity contribution in [2.24, 2.45) is 5.92 Å². The van der Waals surface area contributed by atoms with Crippen LogP contribution in [0.15, 0.2) is 30.5 Å². The predicted octanol–water partition coefficient (Wildman–Crippen LogP) is 2.76. The van der Waals surface area contributed by atoms with Crippen molar-refractivity contribution in [1.82, 2.24) is 29.2 Å². The quantitative estimate of drug-likeness (QED) is 0.517. The monoisotopic (exact) mass is 476 g/mol. The molecule has 0 N–H and O–H groups in total. The van der Waals surface area contributed by atoms with E-state index in [0.29, 0.717) is 49.4 Å². The molecule has 3 heterocycles. The third-order valence-electron chi connectivity index (χ3n) is 5.91. The first kappa shape index (κ1) is 21.6. The van der Waals surface area contributed by atoms with Gasteiger partial charge in [0.15, 0.2) is 0 Å². The molecule has 0 atom stereocenters. The molecule has 9 nitrogen and oxygen atoms in total. The summed E-state index contributed by atoms with van der Waals surface area (Å²) in [6, 6.07) is 7.60. The van der Waals surface area contributed by atoms with Crippen LogP contribution < -0.4 is 4.74 Å². The summed E-state index contributed by atoms with van der Waals surface area (Å²) >= 11 is 6.20. The van der Waals surface area contributed by atoms with Gasteiger partial charge in [-0.25, -0.2) is 18.1 Å². The highest BCUT2D eigenvalue weighted by Crippen LogP contribution is 2.32. The molecule has 2 aromatic heterocycles. The first-order valence-corrected chi connectivity index (χ1v) is 12.9. The van der Waals surface area contributed by atoms with Gasteiger partial charge < -0.3 is 4.74 Å². The highest BCUT2D eigenvalue weighted by atomic mass is 35.5. The zero-order chi connectivity index (χ0) is 22.3. The van der Waals surface area contributed by atoms with Gasteiger partial charge in [-0.15, -0.1) is 5.10 Å². The predicted molar refractivity (Wildman–Crippen MR) is 121 cm³/mol. The number of ether oxygens (including phenoxy) is 1. The first-order valence-electron chi connectivity index (χ1n) is 10.7. The van der Waals surface area contributed by atoms with Gasteiger partial charge in [-0.2, -0.15) is 4.31 Å². The Bertz CT molecular complexity index is 1240. The average Bonchev–Trinajstić information content (AvgIpc) is 3.49. The average molecular weight is 477 g/mol. The summed E-state index contributed by atoms with van der Waals surface area (Å²) in [7, 11) is -3.16. The number of hydrogen-bond donors (Lipinski definition) is 0. The number of benzene rings is 1. The lowest BCUT2D eigenvalue weighted by Gasteiger charge is -2.33. The van der Waals surface area contributed by atoms with E-state index in [0.717, 1.165) is 29.1 Å². The number of halogens is 1. The maximum atomic E-state index is 11.8. The SMILES string of the molecule is CS(=O)(=O)N1CCN(Cc2cc(Cl)cnc2Oc2ccc3c(c2)nnn3CC2CC2)CC1. The Morgan fingerprint density at radius 1 is 1.16 bits per heavy atom. The number of sulfonamides is 1. The van der Waals surface area contributed by atoms with Crippen LogP contribution in [0, 0.1) is 5.92 Å². The largest absolute Gasteiger partial charge is 0.439 e. The van der Waals surface area contributed by atoms with Gasteiger partial charge in [0.05, 0.1) is 16.8 Å². The molecule has 11 heteroatoms. The molecule has 1 saturated heterocycles. The van der Waals surface area contributed by atoms with Gasteiger partial charge in [0.1, 0.15) is 11.3 Å². The molecule has 32 heavy (non-hydrogen) atoms. The maximum Gasteiger partial charge on any atom is 0.223 e. The Morgan fingerprint density at radius 2 is 1.94 bits per heavy atom. The standard InChI is InChI=1S/C21H25ClN6O3S/c1-32(29,30)27-8-6-26(7-9-27)14-16-10-17(22)12-23-21(16)31-18-4-5-20-19(11-18)24-25-28(20)13-15-2-3-15/h4-5,10-12,15H,2-3,6-9,13-14H2,1H3. The fourth-order valence-corrected chi connectivity index (χ4v) is 4.95. The van der Waals surface area contributed by atoms with E-state index in [1.807, 2.05) is 28.9 Å². The molecule has 0 amide bonds.